The number of aromatic nitrogens is 2. The molecule has 2 heterocycles. The van der Waals surface area contributed by atoms with Gasteiger partial charge in [-0.1, -0.05) is 0 Å². The Morgan fingerprint density at radius 1 is 1.59 bits per heavy atom. The summed E-state index contributed by atoms with van der Waals surface area (Å²) < 4.78 is 27.0. The van der Waals surface area contributed by atoms with E-state index >= 15 is 0 Å². The molecule has 2 aromatic heterocycles. The van der Waals surface area contributed by atoms with E-state index < -0.39 is 10.0 Å². The van der Waals surface area contributed by atoms with Crippen LogP contribution in [-0.4, -0.2) is 18.6 Å². The van der Waals surface area contributed by atoms with Crippen LogP contribution in [0.15, 0.2) is 27.1 Å². The molecule has 0 spiro atoms. The van der Waals surface area contributed by atoms with Crippen molar-refractivity contribution in [2.75, 3.05) is 4.72 Å². The smallest absolute Gasteiger partial charge is 0.263 e. The molecule has 2 rings (SSSR count). The maximum Gasteiger partial charge on any atom is 0.263 e. The number of H-pyrrole nitrogens is 1. The van der Waals surface area contributed by atoms with Crippen LogP contribution in [0.4, 0.5) is 5.69 Å². The summed E-state index contributed by atoms with van der Waals surface area (Å²) in [4.78, 5) is 0.980. The normalized spacial score (nSPS) is 11.6. The van der Waals surface area contributed by atoms with Crippen molar-refractivity contribution in [2.45, 2.75) is 11.4 Å². The molecule has 0 aliphatic carbocycles. The zero-order valence-corrected chi connectivity index (χ0v) is 11.7. The van der Waals surface area contributed by atoms with Crippen molar-refractivity contribution in [2.24, 2.45) is 5.73 Å². The fraction of sp³-hybridized carbons (Fsp3) is 0.125. The van der Waals surface area contributed by atoms with Crippen molar-refractivity contribution >= 4 is 43.0 Å². The Morgan fingerprint density at radius 3 is 2.88 bits per heavy atom. The Hall–Kier alpha value is -0.900. The Bertz CT molecular complexity index is 606. The van der Waals surface area contributed by atoms with Gasteiger partial charge in [0.1, 0.15) is 4.90 Å². The minimum atomic E-state index is -3.61. The van der Waals surface area contributed by atoms with Gasteiger partial charge in [0, 0.05) is 17.6 Å². The average Bonchev–Trinajstić information content (AvgIpc) is 2.86. The fourth-order valence-corrected chi connectivity index (χ4v) is 4.80. The van der Waals surface area contributed by atoms with Crippen molar-refractivity contribution in [3.05, 3.63) is 27.1 Å². The van der Waals surface area contributed by atoms with Gasteiger partial charge in [-0.2, -0.15) is 5.10 Å². The number of nitrogens with zero attached hydrogens (tertiary/aromatic N) is 1. The predicted molar refractivity (Wildman–Crippen MR) is 69.3 cm³/mol. The Kier molecular flexibility index (Phi) is 3.52. The molecular formula is C8H9BrN4O2S2. The number of hydrogen-bond donors (Lipinski definition) is 3. The molecule has 0 aliphatic heterocycles. The summed E-state index contributed by atoms with van der Waals surface area (Å²) in [6.45, 7) is 0.310. The van der Waals surface area contributed by atoms with Gasteiger partial charge < -0.3 is 5.73 Å². The maximum absolute atomic E-state index is 12.0. The molecule has 0 radical (unpaired) electrons. The molecule has 0 unspecified atom stereocenters. The average molecular weight is 337 g/mol. The molecule has 2 aromatic rings. The van der Waals surface area contributed by atoms with Gasteiger partial charge in [-0.15, -0.1) is 11.3 Å². The van der Waals surface area contributed by atoms with Gasteiger partial charge in [0.05, 0.1) is 15.7 Å². The molecular weight excluding hydrogens is 328 g/mol. The minimum Gasteiger partial charge on any atom is -0.326 e. The Balaban J connectivity index is 2.34. The van der Waals surface area contributed by atoms with Gasteiger partial charge >= 0.3 is 0 Å². The lowest BCUT2D eigenvalue weighted by atomic mass is 10.5. The van der Waals surface area contributed by atoms with Crippen LogP contribution in [0.1, 0.15) is 4.88 Å². The van der Waals surface area contributed by atoms with E-state index in [0.717, 1.165) is 4.88 Å². The second kappa shape index (κ2) is 4.77. The highest BCUT2D eigenvalue weighted by molar-refractivity contribution is 9.11. The first-order valence-corrected chi connectivity index (χ1v) is 7.62. The molecule has 92 valence electrons. The first-order valence-electron chi connectivity index (χ1n) is 4.53. The molecule has 0 amide bonds. The number of nitrogens with two attached hydrogens (primary N) is 1. The minimum absolute atomic E-state index is 0.184. The summed E-state index contributed by atoms with van der Waals surface area (Å²) in [5, 5.41) is 6.19. The third kappa shape index (κ3) is 2.68. The molecule has 17 heavy (non-hydrogen) atoms. The van der Waals surface area contributed by atoms with Gasteiger partial charge in [0.25, 0.3) is 10.0 Å². The van der Waals surface area contributed by atoms with Crippen LogP contribution in [0.2, 0.25) is 0 Å². The summed E-state index contributed by atoms with van der Waals surface area (Å²) >= 11 is 4.52. The number of halogens is 1. The van der Waals surface area contributed by atoms with E-state index in [1.807, 2.05) is 0 Å². The lowest BCUT2D eigenvalue weighted by molar-refractivity contribution is 0.601. The standard InChI is InChI=1S/C8H9BrN4O2S2/c9-8-7(1-6(2-10)16-8)17(14,15)13-5-3-11-12-4-5/h1,3-4,13H,2,10H2,(H,11,12). The third-order valence-corrected chi connectivity index (χ3v) is 5.60. The van der Waals surface area contributed by atoms with Crippen molar-refractivity contribution in [3.8, 4) is 0 Å². The van der Waals surface area contributed by atoms with Crippen LogP contribution in [-0.2, 0) is 16.6 Å². The van der Waals surface area contributed by atoms with E-state index in [9.17, 15) is 8.42 Å². The second-order valence-corrected chi connectivity index (χ2v) is 7.25. The van der Waals surface area contributed by atoms with Gasteiger partial charge in [-0.25, -0.2) is 8.42 Å². The maximum atomic E-state index is 12.0. The Morgan fingerprint density at radius 2 is 2.35 bits per heavy atom. The molecule has 9 heteroatoms. The fourth-order valence-electron chi connectivity index (χ4n) is 1.20. The quantitative estimate of drug-likeness (QED) is 0.787. The van der Waals surface area contributed by atoms with Crippen LogP contribution in [0.3, 0.4) is 0 Å². The number of rotatable bonds is 4. The molecule has 0 atom stereocenters. The summed E-state index contributed by atoms with van der Waals surface area (Å²) in [7, 11) is -3.61. The first kappa shape index (κ1) is 12.6. The monoisotopic (exact) mass is 336 g/mol. The lowest BCUT2D eigenvalue weighted by Crippen LogP contribution is -2.12. The van der Waals surface area contributed by atoms with Gasteiger partial charge in [-0.05, 0) is 22.0 Å². The first-order chi connectivity index (χ1) is 8.03. The van der Waals surface area contributed by atoms with E-state index in [1.54, 1.807) is 6.07 Å². The molecule has 0 bridgehead atoms. The van der Waals surface area contributed by atoms with Crippen molar-refractivity contribution < 1.29 is 8.42 Å². The molecule has 4 N–H and O–H groups in total. The predicted octanol–water partition coefficient (Wildman–Crippen LogP) is 1.49. The van der Waals surface area contributed by atoms with Crippen LogP contribution in [0.25, 0.3) is 0 Å². The zero-order valence-electron chi connectivity index (χ0n) is 8.47. The van der Waals surface area contributed by atoms with E-state index in [0.29, 0.717) is 16.0 Å². The summed E-state index contributed by atoms with van der Waals surface area (Å²) in [5.74, 6) is 0. The van der Waals surface area contributed by atoms with E-state index in [1.165, 1.54) is 23.7 Å². The molecule has 0 fully saturated rings. The van der Waals surface area contributed by atoms with Crippen LogP contribution in [0, 0.1) is 0 Å². The lowest BCUT2D eigenvalue weighted by Gasteiger charge is -2.03. The number of hydrogen-bond acceptors (Lipinski definition) is 5. The van der Waals surface area contributed by atoms with Crippen molar-refractivity contribution in [1.29, 1.82) is 0 Å². The number of aromatic amines is 1. The number of sulfonamides is 1. The molecule has 0 saturated carbocycles. The van der Waals surface area contributed by atoms with Gasteiger partial charge in [-0.3, -0.25) is 9.82 Å². The number of thiophene rings is 1. The highest BCUT2D eigenvalue weighted by Gasteiger charge is 2.21. The van der Waals surface area contributed by atoms with Gasteiger partial charge in [0.2, 0.25) is 0 Å². The van der Waals surface area contributed by atoms with E-state index in [-0.39, 0.29) is 4.90 Å². The third-order valence-electron chi connectivity index (χ3n) is 1.95. The van der Waals surface area contributed by atoms with E-state index in [4.69, 9.17) is 5.73 Å². The molecule has 0 saturated heterocycles. The van der Waals surface area contributed by atoms with Crippen molar-refractivity contribution in [3.63, 3.8) is 0 Å². The summed E-state index contributed by atoms with van der Waals surface area (Å²) in [5.41, 5.74) is 5.86. The van der Waals surface area contributed by atoms with Crippen LogP contribution >= 0.6 is 27.3 Å². The van der Waals surface area contributed by atoms with Crippen LogP contribution in [0.5, 0.6) is 0 Å². The molecule has 0 aromatic carbocycles. The van der Waals surface area contributed by atoms with Crippen LogP contribution < -0.4 is 10.5 Å². The topological polar surface area (TPSA) is 101 Å². The second-order valence-electron chi connectivity index (χ2n) is 3.15. The largest absolute Gasteiger partial charge is 0.326 e. The van der Waals surface area contributed by atoms with Crippen molar-refractivity contribution in [1.82, 2.24) is 10.2 Å². The number of anilines is 1. The van der Waals surface area contributed by atoms with E-state index in [2.05, 4.69) is 30.8 Å². The Labute approximate surface area is 110 Å². The molecule has 0 aliphatic rings. The van der Waals surface area contributed by atoms with Gasteiger partial charge in [0.15, 0.2) is 0 Å². The SMILES string of the molecule is NCc1cc(S(=O)(=O)Nc2cn[nH]c2)c(Br)s1. The number of nitrogens with one attached hydrogen (secondary N) is 2. The summed E-state index contributed by atoms with van der Waals surface area (Å²) in [6, 6.07) is 1.55. The summed E-state index contributed by atoms with van der Waals surface area (Å²) in [6.07, 6.45) is 2.85. The zero-order chi connectivity index (χ0) is 12.5. The molecule has 6 nitrogen and oxygen atoms in total. The highest BCUT2D eigenvalue weighted by Crippen LogP contribution is 2.32. The highest BCUT2D eigenvalue weighted by atomic mass is 79.9.